The smallest absolute Gasteiger partial charge is 0.410 e. The molecule has 5 heteroatoms. The predicted molar refractivity (Wildman–Crippen MR) is 86.7 cm³/mol. The molecule has 1 aliphatic heterocycles. The zero-order valence-corrected chi connectivity index (χ0v) is 14.4. The third kappa shape index (κ3) is 4.20. The molecule has 0 N–H and O–H groups in total. The Morgan fingerprint density at radius 1 is 1.43 bits per heavy atom. The van der Waals surface area contributed by atoms with E-state index in [1.54, 1.807) is 11.3 Å². The first-order valence-corrected chi connectivity index (χ1v) is 8.43. The average Bonchev–Trinajstić information content (AvgIpc) is 2.89. The van der Waals surface area contributed by atoms with Gasteiger partial charge in [-0.15, -0.1) is 11.3 Å². The van der Waals surface area contributed by atoms with Crippen molar-refractivity contribution in [1.82, 2.24) is 9.80 Å². The molecule has 21 heavy (non-hydrogen) atoms. The van der Waals surface area contributed by atoms with Crippen molar-refractivity contribution in [2.75, 3.05) is 19.6 Å². The van der Waals surface area contributed by atoms with Crippen LogP contribution in [0.15, 0.2) is 17.5 Å². The predicted octanol–water partition coefficient (Wildman–Crippen LogP) is 3.75. The van der Waals surface area contributed by atoms with Gasteiger partial charge in [-0.25, -0.2) is 4.79 Å². The number of hydrogen-bond donors (Lipinski definition) is 0. The summed E-state index contributed by atoms with van der Waals surface area (Å²) in [6, 6.07) is 4.86. The van der Waals surface area contributed by atoms with Gasteiger partial charge in [-0.3, -0.25) is 4.90 Å². The van der Waals surface area contributed by atoms with Crippen LogP contribution in [0.4, 0.5) is 4.79 Å². The highest BCUT2D eigenvalue weighted by Gasteiger charge is 2.32. The Bertz CT molecular complexity index is 467. The van der Waals surface area contributed by atoms with E-state index in [0.717, 1.165) is 19.6 Å². The third-order valence-electron chi connectivity index (χ3n) is 3.79. The van der Waals surface area contributed by atoms with E-state index in [0.29, 0.717) is 6.04 Å². The summed E-state index contributed by atoms with van der Waals surface area (Å²) in [6.45, 7) is 12.6. The molecule has 1 fully saturated rings. The summed E-state index contributed by atoms with van der Waals surface area (Å²) in [7, 11) is 0. The van der Waals surface area contributed by atoms with Crippen LogP contribution in [0.3, 0.4) is 0 Å². The molecule has 0 bridgehead atoms. The summed E-state index contributed by atoms with van der Waals surface area (Å²) < 4.78 is 5.49. The first kappa shape index (κ1) is 16.3. The number of piperazine rings is 1. The summed E-state index contributed by atoms with van der Waals surface area (Å²) >= 11 is 1.79. The van der Waals surface area contributed by atoms with Crippen molar-refractivity contribution in [2.24, 2.45) is 0 Å². The summed E-state index contributed by atoms with van der Waals surface area (Å²) in [6.07, 6.45) is -0.196. The molecule has 4 nitrogen and oxygen atoms in total. The van der Waals surface area contributed by atoms with Crippen molar-refractivity contribution < 1.29 is 9.53 Å². The van der Waals surface area contributed by atoms with Crippen LogP contribution in [0.2, 0.25) is 0 Å². The normalized spacial score (nSPS) is 22.1. The number of carbonyl (C=O) groups is 1. The highest BCUT2D eigenvalue weighted by Crippen LogP contribution is 2.27. The van der Waals surface area contributed by atoms with E-state index in [1.165, 1.54) is 4.88 Å². The Balaban J connectivity index is 1.94. The van der Waals surface area contributed by atoms with E-state index in [9.17, 15) is 4.79 Å². The Kier molecular flexibility index (Phi) is 4.94. The topological polar surface area (TPSA) is 32.8 Å². The number of carbonyl (C=O) groups excluding carboxylic acids is 1. The molecule has 1 aromatic heterocycles. The van der Waals surface area contributed by atoms with Gasteiger partial charge in [0.05, 0.1) is 0 Å². The molecule has 0 saturated carbocycles. The zero-order chi connectivity index (χ0) is 15.6. The number of thiophene rings is 1. The van der Waals surface area contributed by atoms with Crippen LogP contribution >= 0.6 is 11.3 Å². The average molecular weight is 310 g/mol. The lowest BCUT2D eigenvalue weighted by molar-refractivity contribution is -0.00328. The Morgan fingerprint density at radius 2 is 2.14 bits per heavy atom. The molecule has 1 saturated heterocycles. The van der Waals surface area contributed by atoms with E-state index in [4.69, 9.17) is 4.74 Å². The van der Waals surface area contributed by atoms with Gasteiger partial charge in [0.25, 0.3) is 0 Å². The molecule has 1 amide bonds. The second-order valence-corrected chi connectivity index (χ2v) is 7.69. The third-order valence-corrected chi connectivity index (χ3v) is 4.83. The minimum Gasteiger partial charge on any atom is -0.444 e. The Hall–Kier alpha value is -1.07. The number of hydrogen-bond acceptors (Lipinski definition) is 4. The van der Waals surface area contributed by atoms with Crippen LogP contribution < -0.4 is 0 Å². The molecule has 1 aliphatic rings. The van der Waals surface area contributed by atoms with E-state index >= 15 is 0 Å². The van der Waals surface area contributed by atoms with Crippen LogP contribution in [0.1, 0.15) is 45.5 Å². The maximum atomic E-state index is 12.2. The Morgan fingerprint density at radius 3 is 2.67 bits per heavy atom. The lowest BCUT2D eigenvalue weighted by Crippen LogP contribution is -2.55. The summed E-state index contributed by atoms with van der Waals surface area (Å²) in [5, 5.41) is 2.12. The second-order valence-electron chi connectivity index (χ2n) is 6.71. The van der Waals surface area contributed by atoms with Crippen LogP contribution in [0, 0.1) is 0 Å². The molecule has 0 aliphatic carbocycles. The SMILES string of the molecule is C[C@H](c1cccs1)N1CCN(C(=O)OC(C)(C)C)[C@H](C)C1. The van der Waals surface area contributed by atoms with Crippen LogP contribution in [-0.2, 0) is 4.74 Å². The van der Waals surface area contributed by atoms with Crippen molar-refractivity contribution in [1.29, 1.82) is 0 Å². The van der Waals surface area contributed by atoms with Crippen LogP contribution in [0.5, 0.6) is 0 Å². The van der Waals surface area contributed by atoms with Crippen LogP contribution in [-0.4, -0.2) is 47.2 Å². The van der Waals surface area contributed by atoms with E-state index in [2.05, 4.69) is 36.3 Å². The maximum Gasteiger partial charge on any atom is 0.410 e. The molecular weight excluding hydrogens is 284 g/mol. The summed E-state index contributed by atoms with van der Waals surface area (Å²) in [4.78, 5) is 17.9. The monoisotopic (exact) mass is 310 g/mol. The van der Waals surface area contributed by atoms with Crippen molar-refractivity contribution in [3.8, 4) is 0 Å². The Labute approximate surface area is 131 Å². The van der Waals surface area contributed by atoms with Gasteiger partial charge in [-0.05, 0) is 46.1 Å². The van der Waals surface area contributed by atoms with Gasteiger partial charge in [-0.1, -0.05) is 6.07 Å². The molecule has 0 unspecified atom stereocenters. The van der Waals surface area contributed by atoms with Crippen molar-refractivity contribution in [2.45, 2.75) is 52.3 Å². The molecule has 0 radical (unpaired) electrons. The zero-order valence-electron chi connectivity index (χ0n) is 13.6. The van der Waals surface area contributed by atoms with E-state index < -0.39 is 5.60 Å². The van der Waals surface area contributed by atoms with Gasteiger partial charge < -0.3 is 9.64 Å². The fraction of sp³-hybridized carbons (Fsp3) is 0.688. The number of amides is 1. The van der Waals surface area contributed by atoms with Crippen LogP contribution in [0.25, 0.3) is 0 Å². The van der Waals surface area contributed by atoms with Crippen molar-refractivity contribution in [3.63, 3.8) is 0 Å². The molecule has 2 heterocycles. The van der Waals surface area contributed by atoms with Gasteiger partial charge in [-0.2, -0.15) is 0 Å². The van der Waals surface area contributed by atoms with Gasteiger partial charge >= 0.3 is 6.09 Å². The lowest BCUT2D eigenvalue weighted by atomic mass is 10.1. The highest BCUT2D eigenvalue weighted by molar-refractivity contribution is 7.10. The minimum absolute atomic E-state index is 0.177. The van der Waals surface area contributed by atoms with Crippen molar-refractivity contribution in [3.05, 3.63) is 22.4 Å². The van der Waals surface area contributed by atoms with Gasteiger partial charge in [0.2, 0.25) is 0 Å². The number of rotatable bonds is 2. The highest BCUT2D eigenvalue weighted by atomic mass is 32.1. The maximum absolute atomic E-state index is 12.2. The van der Waals surface area contributed by atoms with Crippen molar-refractivity contribution >= 4 is 17.4 Å². The van der Waals surface area contributed by atoms with E-state index in [1.807, 2.05) is 25.7 Å². The fourth-order valence-electron chi connectivity index (χ4n) is 2.64. The number of nitrogens with zero attached hydrogens (tertiary/aromatic N) is 2. The molecule has 2 rings (SSSR count). The largest absolute Gasteiger partial charge is 0.444 e. The quantitative estimate of drug-likeness (QED) is 0.834. The standard InChI is InChI=1S/C16H26N2O2S/c1-12-11-17(13(2)14-7-6-10-21-14)8-9-18(12)15(19)20-16(3,4)5/h6-7,10,12-13H,8-9,11H2,1-5H3/t12-,13-/m1/s1. The van der Waals surface area contributed by atoms with Gasteiger partial charge in [0.1, 0.15) is 5.60 Å². The summed E-state index contributed by atoms with van der Waals surface area (Å²) in [5.41, 5.74) is -0.432. The molecule has 0 aromatic carbocycles. The summed E-state index contributed by atoms with van der Waals surface area (Å²) in [5.74, 6) is 0. The molecule has 1 aromatic rings. The van der Waals surface area contributed by atoms with Gasteiger partial charge in [0.15, 0.2) is 0 Å². The second kappa shape index (κ2) is 6.36. The first-order valence-electron chi connectivity index (χ1n) is 7.55. The molecule has 0 spiro atoms. The lowest BCUT2D eigenvalue weighted by Gasteiger charge is -2.42. The van der Waals surface area contributed by atoms with E-state index in [-0.39, 0.29) is 12.1 Å². The first-order chi connectivity index (χ1) is 9.78. The molecule has 2 atom stereocenters. The molecular formula is C16H26N2O2S. The molecule has 118 valence electrons. The van der Waals surface area contributed by atoms with Gasteiger partial charge in [0, 0.05) is 36.6 Å². The minimum atomic E-state index is -0.432. The number of ether oxygens (including phenoxy) is 1. The fourth-order valence-corrected chi connectivity index (χ4v) is 3.46.